The van der Waals surface area contributed by atoms with Crippen molar-refractivity contribution in [3.05, 3.63) is 70.5 Å². The Morgan fingerprint density at radius 2 is 1.81 bits per heavy atom. The fourth-order valence-corrected chi connectivity index (χ4v) is 2.86. The Balaban J connectivity index is 0.000000774. The maximum Gasteiger partial charge on any atom is 0.127 e. The molecule has 0 saturated heterocycles. The number of hydrogen-bond donors (Lipinski definition) is 0. The largest absolute Gasteiger partial charge is 0.294 e. The molecule has 2 aromatic rings. The molecule has 112 valence electrons. The van der Waals surface area contributed by atoms with Gasteiger partial charge in [0.2, 0.25) is 0 Å². The fraction of sp³-hybridized carbons (Fsp3) is 0.368. The Morgan fingerprint density at radius 3 is 2.57 bits per heavy atom. The van der Waals surface area contributed by atoms with Crippen LogP contribution >= 0.6 is 0 Å². The van der Waals surface area contributed by atoms with Crippen LogP contribution in [-0.2, 0) is 19.5 Å². The minimum atomic E-state index is -0.0995. The Hall–Kier alpha value is -1.67. The van der Waals surface area contributed by atoms with E-state index in [2.05, 4.69) is 30.0 Å². The zero-order valence-corrected chi connectivity index (χ0v) is 13.2. The van der Waals surface area contributed by atoms with Crippen molar-refractivity contribution in [3.8, 4) is 0 Å². The Morgan fingerprint density at radius 1 is 1.05 bits per heavy atom. The smallest absolute Gasteiger partial charge is 0.127 e. The molecule has 0 atom stereocenters. The highest BCUT2D eigenvalue weighted by molar-refractivity contribution is 5.36. The third kappa shape index (κ3) is 3.70. The van der Waals surface area contributed by atoms with Crippen molar-refractivity contribution < 1.29 is 4.39 Å². The molecule has 0 radical (unpaired) electrons. The summed E-state index contributed by atoms with van der Waals surface area (Å²) < 4.78 is 13.7. The predicted octanol–water partition coefficient (Wildman–Crippen LogP) is 4.72. The van der Waals surface area contributed by atoms with Crippen molar-refractivity contribution in [1.82, 2.24) is 4.90 Å². The van der Waals surface area contributed by atoms with E-state index in [1.165, 1.54) is 22.8 Å². The number of nitrogens with zero attached hydrogens (tertiary/aromatic N) is 1. The molecule has 3 rings (SSSR count). The summed E-state index contributed by atoms with van der Waals surface area (Å²) in [5.74, 6) is -0.0995. The van der Waals surface area contributed by atoms with Crippen molar-refractivity contribution in [1.29, 1.82) is 0 Å². The molecule has 0 fully saturated rings. The molecule has 0 bridgehead atoms. The van der Waals surface area contributed by atoms with Gasteiger partial charge in [0.05, 0.1) is 0 Å². The zero-order valence-electron chi connectivity index (χ0n) is 13.2. The number of hydrogen-bond acceptors (Lipinski definition) is 1. The van der Waals surface area contributed by atoms with E-state index in [0.717, 1.165) is 25.1 Å². The van der Waals surface area contributed by atoms with Crippen LogP contribution in [0.4, 0.5) is 4.39 Å². The number of fused-ring (bicyclic) bond motifs is 1. The topological polar surface area (TPSA) is 3.24 Å². The molecule has 0 amide bonds. The normalized spacial score (nSPS) is 14.1. The lowest BCUT2D eigenvalue weighted by atomic mass is 9.95. The fourth-order valence-electron chi connectivity index (χ4n) is 2.86. The van der Waals surface area contributed by atoms with Crippen LogP contribution in [0.25, 0.3) is 0 Å². The molecule has 2 heteroatoms. The third-order valence-electron chi connectivity index (χ3n) is 3.93. The Kier molecular flexibility index (Phi) is 5.51. The van der Waals surface area contributed by atoms with Crippen molar-refractivity contribution >= 4 is 0 Å². The molecular formula is C19H24FN. The first-order valence-electron chi connectivity index (χ1n) is 7.77. The summed E-state index contributed by atoms with van der Waals surface area (Å²) in [6.07, 6.45) is 1.07. The SMILES string of the molecule is CC.Cc1cccc2c1CCN(Cc1ccccc1F)C2. The molecule has 0 unspecified atom stereocenters. The second kappa shape index (κ2) is 7.37. The highest BCUT2D eigenvalue weighted by Crippen LogP contribution is 2.23. The molecule has 1 heterocycles. The van der Waals surface area contributed by atoms with E-state index >= 15 is 0 Å². The number of aryl methyl sites for hydroxylation is 1. The van der Waals surface area contributed by atoms with Gasteiger partial charge < -0.3 is 0 Å². The average Bonchev–Trinajstić information content (AvgIpc) is 2.52. The molecule has 1 aliphatic heterocycles. The molecule has 2 aromatic carbocycles. The maximum atomic E-state index is 13.7. The molecule has 0 aromatic heterocycles. The monoisotopic (exact) mass is 285 g/mol. The van der Waals surface area contributed by atoms with E-state index in [0.29, 0.717) is 6.54 Å². The van der Waals surface area contributed by atoms with Gasteiger partial charge in [-0.15, -0.1) is 0 Å². The molecule has 1 aliphatic rings. The summed E-state index contributed by atoms with van der Waals surface area (Å²) in [5.41, 5.74) is 5.04. The third-order valence-corrected chi connectivity index (χ3v) is 3.93. The second-order valence-corrected chi connectivity index (χ2v) is 5.26. The molecule has 0 saturated carbocycles. The van der Waals surface area contributed by atoms with E-state index < -0.39 is 0 Å². The first-order valence-corrected chi connectivity index (χ1v) is 7.77. The van der Waals surface area contributed by atoms with Gasteiger partial charge in [0.25, 0.3) is 0 Å². The molecular weight excluding hydrogens is 261 g/mol. The maximum absolute atomic E-state index is 13.7. The highest BCUT2D eigenvalue weighted by Gasteiger charge is 2.18. The van der Waals surface area contributed by atoms with Crippen LogP contribution in [0.5, 0.6) is 0 Å². The first kappa shape index (κ1) is 15.7. The van der Waals surface area contributed by atoms with Crippen LogP contribution in [0.1, 0.15) is 36.1 Å². The van der Waals surface area contributed by atoms with E-state index in [1.54, 1.807) is 6.07 Å². The van der Waals surface area contributed by atoms with Crippen LogP contribution in [0, 0.1) is 12.7 Å². The average molecular weight is 285 g/mol. The summed E-state index contributed by atoms with van der Waals surface area (Å²) in [6.45, 7) is 8.79. The van der Waals surface area contributed by atoms with Gasteiger partial charge in [0.1, 0.15) is 5.82 Å². The molecule has 0 aliphatic carbocycles. The van der Waals surface area contributed by atoms with Crippen LogP contribution in [-0.4, -0.2) is 11.4 Å². The number of rotatable bonds is 2. The van der Waals surface area contributed by atoms with E-state index in [1.807, 2.05) is 26.0 Å². The van der Waals surface area contributed by atoms with Crippen molar-refractivity contribution in [3.63, 3.8) is 0 Å². The van der Waals surface area contributed by atoms with Crippen molar-refractivity contribution in [2.75, 3.05) is 6.54 Å². The molecule has 0 spiro atoms. The van der Waals surface area contributed by atoms with E-state index in [4.69, 9.17) is 0 Å². The number of halogens is 1. The lowest BCUT2D eigenvalue weighted by Crippen LogP contribution is -2.30. The minimum absolute atomic E-state index is 0.0995. The minimum Gasteiger partial charge on any atom is -0.294 e. The predicted molar refractivity (Wildman–Crippen MR) is 86.7 cm³/mol. The molecule has 1 nitrogen and oxygen atoms in total. The van der Waals surface area contributed by atoms with Gasteiger partial charge >= 0.3 is 0 Å². The lowest BCUT2D eigenvalue weighted by Gasteiger charge is -2.29. The van der Waals surface area contributed by atoms with Crippen LogP contribution in [0.2, 0.25) is 0 Å². The van der Waals surface area contributed by atoms with Gasteiger partial charge in [0.15, 0.2) is 0 Å². The lowest BCUT2D eigenvalue weighted by molar-refractivity contribution is 0.242. The van der Waals surface area contributed by atoms with Gasteiger partial charge in [-0.05, 0) is 36.1 Å². The summed E-state index contributed by atoms with van der Waals surface area (Å²) in [6, 6.07) is 13.5. The Bertz CT molecular complexity index is 592. The quantitative estimate of drug-likeness (QED) is 0.772. The van der Waals surface area contributed by atoms with Gasteiger partial charge in [-0.3, -0.25) is 4.90 Å². The first-order chi connectivity index (χ1) is 10.2. The van der Waals surface area contributed by atoms with Gasteiger partial charge in [-0.25, -0.2) is 4.39 Å². The van der Waals surface area contributed by atoms with Gasteiger partial charge in [-0.1, -0.05) is 50.2 Å². The standard InChI is InChI=1S/C17H18FN.C2H6/c1-13-5-4-7-14-11-19(10-9-16(13)14)12-15-6-2-3-8-17(15)18;1-2/h2-8H,9-12H2,1H3;1-2H3. The van der Waals surface area contributed by atoms with Crippen LogP contribution < -0.4 is 0 Å². The van der Waals surface area contributed by atoms with E-state index in [9.17, 15) is 4.39 Å². The number of benzene rings is 2. The van der Waals surface area contributed by atoms with Gasteiger partial charge in [-0.2, -0.15) is 0 Å². The van der Waals surface area contributed by atoms with Crippen LogP contribution in [0.15, 0.2) is 42.5 Å². The summed E-state index contributed by atoms with van der Waals surface area (Å²) in [7, 11) is 0. The van der Waals surface area contributed by atoms with Crippen molar-refractivity contribution in [2.24, 2.45) is 0 Å². The second-order valence-electron chi connectivity index (χ2n) is 5.26. The van der Waals surface area contributed by atoms with Crippen molar-refractivity contribution in [2.45, 2.75) is 40.3 Å². The molecule has 0 N–H and O–H groups in total. The zero-order chi connectivity index (χ0) is 15.2. The Labute approximate surface area is 127 Å². The van der Waals surface area contributed by atoms with Gasteiger partial charge in [0, 0.05) is 25.2 Å². The summed E-state index contributed by atoms with van der Waals surface area (Å²) in [5, 5.41) is 0. The van der Waals surface area contributed by atoms with E-state index in [-0.39, 0.29) is 5.82 Å². The van der Waals surface area contributed by atoms with Crippen LogP contribution in [0.3, 0.4) is 0 Å². The molecule has 21 heavy (non-hydrogen) atoms. The highest BCUT2D eigenvalue weighted by atomic mass is 19.1. The summed E-state index contributed by atoms with van der Waals surface area (Å²) in [4.78, 5) is 2.32. The summed E-state index contributed by atoms with van der Waals surface area (Å²) >= 11 is 0.